The summed E-state index contributed by atoms with van der Waals surface area (Å²) in [6.07, 6.45) is 0.684. The summed E-state index contributed by atoms with van der Waals surface area (Å²) in [6, 6.07) is 4.65. The van der Waals surface area contributed by atoms with E-state index in [1.165, 1.54) is 6.07 Å². The third kappa shape index (κ3) is 2.31. The van der Waals surface area contributed by atoms with Crippen molar-refractivity contribution >= 4 is 17.1 Å². The van der Waals surface area contributed by atoms with Gasteiger partial charge in [0.05, 0.1) is 10.5 Å². The molecule has 3 N–H and O–H groups in total. The number of nitro benzene ring substituents is 1. The van der Waals surface area contributed by atoms with E-state index in [0.29, 0.717) is 13.0 Å². The maximum absolute atomic E-state index is 10.6. The molecule has 0 aliphatic carbocycles. The Labute approximate surface area is 98.8 Å². The molecule has 0 bridgehead atoms. The molecular formula is C11H15N3O3. The standard InChI is InChI=1S/C11H15N3O3/c1-11(15)4-5-13(7-11)8-2-3-10(14(16)17)9(12)6-8/h2-3,6,15H,4-5,7,12H2,1H3. The van der Waals surface area contributed by atoms with Gasteiger partial charge in [0, 0.05) is 24.8 Å². The van der Waals surface area contributed by atoms with Crippen molar-refractivity contribution in [2.24, 2.45) is 0 Å². The minimum atomic E-state index is -0.698. The zero-order valence-corrected chi connectivity index (χ0v) is 9.59. The van der Waals surface area contributed by atoms with Crippen LogP contribution in [0.4, 0.5) is 17.1 Å². The monoisotopic (exact) mass is 237 g/mol. The Morgan fingerprint density at radius 1 is 1.59 bits per heavy atom. The highest BCUT2D eigenvalue weighted by atomic mass is 16.6. The fraction of sp³-hybridized carbons (Fsp3) is 0.455. The smallest absolute Gasteiger partial charge is 0.292 e. The van der Waals surface area contributed by atoms with E-state index in [9.17, 15) is 15.2 Å². The molecule has 17 heavy (non-hydrogen) atoms. The van der Waals surface area contributed by atoms with Crippen LogP contribution >= 0.6 is 0 Å². The number of hydrogen-bond donors (Lipinski definition) is 2. The average molecular weight is 237 g/mol. The SMILES string of the molecule is CC1(O)CCN(c2ccc([N+](=O)[O-])c(N)c2)C1. The molecule has 0 aromatic heterocycles. The number of β-amino-alcohol motifs (C(OH)–C–C–N with tert-alkyl or cyclic N) is 1. The Bertz CT molecular complexity index is 459. The summed E-state index contributed by atoms with van der Waals surface area (Å²) in [5.74, 6) is 0. The number of rotatable bonds is 2. The third-order valence-electron chi connectivity index (χ3n) is 3.02. The second kappa shape index (κ2) is 3.89. The second-order valence-electron chi connectivity index (χ2n) is 4.67. The summed E-state index contributed by atoms with van der Waals surface area (Å²) in [6.45, 7) is 3.02. The van der Waals surface area contributed by atoms with Gasteiger partial charge in [0.2, 0.25) is 0 Å². The van der Waals surface area contributed by atoms with Gasteiger partial charge in [-0.2, -0.15) is 0 Å². The van der Waals surface area contributed by atoms with Crippen molar-refractivity contribution in [1.29, 1.82) is 0 Å². The van der Waals surface area contributed by atoms with Gasteiger partial charge in [-0.05, 0) is 25.5 Å². The molecule has 1 unspecified atom stereocenters. The molecule has 6 nitrogen and oxygen atoms in total. The van der Waals surface area contributed by atoms with E-state index < -0.39 is 10.5 Å². The quantitative estimate of drug-likeness (QED) is 0.457. The van der Waals surface area contributed by atoms with Gasteiger partial charge in [-0.3, -0.25) is 10.1 Å². The first-order valence-electron chi connectivity index (χ1n) is 5.40. The molecule has 0 spiro atoms. The second-order valence-corrected chi connectivity index (χ2v) is 4.67. The summed E-state index contributed by atoms with van der Waals surface area (Å²) in [4.78, 5) is 12.1. The lowest BCUT2D eigenvalue weighted by Crippen LogP contribution is -2.29. The number of nitrogens with zero attached hydrogens (tertiary/aromatic N) is 2. The highest BCUT2D eigenvalue weighted by Crippen LogP contribution is 2.31. The minimum absolute atomic E-state index is 0.0836. The first kappa shape index (κ1) is 11.7. The van der Waals surface area contributed by atoms with Gasteiger partial charge in [-0.25, -0.2) is 0 Å². The Kier molecular flexibility index (Phi) is 2.66. The molecule has 1 fully saturated rings. The van der Waals surface area contributed by atoms with Crippen molar-refractivity contribution in [3.05, 3.63) is 28.3 Å². The highest BCUT2D eigenvalue weighted by molar-refractivity contribution is 5.67. The van der Waals surface area contributed by atoms with Crippen LogP contribution in [-0.2, 0) is 0 Å². The number of benzene rings is 1. The molecule has 1 aliphatic heterocycles. The predicted molar refractivity (Wildman–Crippen MR) is 65.0 cm³/mol. The van der Waals surface area contributed by atoms with Gasteiger partial charge < -0.3 is 15.7 Å². The number of nitrogen functional groups attached to an aromatic ring is 1. The first-order valence-corrected chi connectivity index (χ1v) is 5.40. The first-order chi connectivity index (χ1) is 7.89. The van der Waals surface area contributed by atoms with Crippen LogP contribution in [0.3, 0.4) is 0 Å². The van der Waals surface area contributed by atoms with Crippen LogP contribution in [0.15, 0.2) is 18.2 Å². The van der Waals surface area contributed by atoms with Gasteiger partial charge in [-0.15, -0.1) is 0 Å². The Morgan fingerprint density at radius 3 is 2.76 bits per heavy atom. The lowest BCUT2D eigenvalue weighted by Gasteiger charge is -2.21. The van der Waals surface area contributed by atoms with E-state index in [-0.39, 0.29) is 11.4 Å². The number of hydrogen-bond acceptors (Lipinski definition) is 5. The molecule has 92 valence electrons. The molecule has 0 saturated carbocycles. The fourth-order valence-corrected chi connectivity index (χ4v) is 2.07. The molecule has 1 aromatic carbocycles. The van der Waals surface area contributed by atoms with Crippen LogP contribution in [0.25, 0.3) is 0 Å². The lowest BCUT2D eigenvalue weighted by molar-refractivity contribution is -0.383. The maximum atomic E-state index is 10.6. The van der Waals surface area contributed by atoms with Gasteiger partial charge in [0.1, 0.15) is 5.69 Å². The number of aliphatic hydroxyl groups is 1. The van der Waals surface area contributed by atoms with E-state index in [1.54, 1.807) is 19.1 Å². The zero-order valence-electron chi connectivity index (χ0n) is 9.59. The molecule has 1 heterocycles. The summed E-state index contributed by atoms with van der Waals surface area (Å²) >= 11 is 0. The van der Waals surface area contributed by atoms with Crippen molar-refractivity contribution in [2.75, 3.05) is 23.7 Å². The lowest BCUT2D eigenvalue weighted by atomic mass is 10.1. The molecular weight excluding hydrogens is 222 g/mol. The summed E-state index contributed by atoms with van der Waals surface area (Å²) in [5, 5.41) is 20.5. The summed E-state index contributed by atoms with van der Waals surface area (Å²) in [5.41, 5.74) is 5.81. The molecule has 1 aromatic rings. The zero-order chi connectivity index (χ0) is 12.6. The van der Waals surface area contributed by atoms with E-state index in [1.807, 2.05) is 4.90 Å². The largest absolute Gasteiger partial charge is 0.393 e. The number of nitro groups is 1. The normalized spacial score (nSPS) is 24.0. The van der Waals surface area contributed by atoms with E-state index >= 15 is 0 Å². The van der Waals surface area contributed by atoms with Crippen LogP contribution in [-0.4, -0.2) is 28.7 Å². The van der Waals surface area contributed by atoms with Crippen molar-refractivity contribution in [3.63, 3.8) is 0 Å². The molecule has 0 radical (unpaired) electrons. The molecule has 1 atom stereocenters. The van der Waals surface area contributed by atoms with Crippen LogP contribution in [0, 0.1) is 10.1 Å². The highest BCUT2D eigenvalue weighted by Gasteiger charge is 2.31. The topological polar surface area (TPSA) is 92.6 Å². The Morgan fingerprint density at radius 2 is 2.29 bits per heavy atom. The van der Waals surface area contributed by atoms with Gasteiger partial charge in [0.25, 0.3) is 5.69 Å². The van der Waals surface area contributed by atoms with Gasteiger partial charge in [-0.1, -0.05) is 0 Å². The third-order valence-corrected chi connectivity index (χ3v) is 3.02. The van der Waals surface area contributed by atoms with Gasteiger partial charge >= 0.3 is 0 Å². The summed E-state index contributed by atoms with van der Waals surface area (Å²) < 4.78 is 0. The Hall–Kier alpha value is -1.82. The van der Waals surface area contributed by atoms with Crippen molar-refractivity contribution in [1.82, 2.24) is 0 Å². The average Bonchev–Trinajstić information content (AvgIpc) is 2.58. The minimum Gasteiger partial charge on any atom is -0.393 e. The van der Waals surface area contributed by atoms with Crippen molar-refractivity contribution in [3.8, 4) is 0 Å². The van der Waals surface area contributed by atoms with Crippen LogP contribution in [0.5, 0.6) is 0 Å². The molecule has 6 heteroatoms. The molecule has 0 amide bonds. The molecule has 2 rings (SSSR count). The van der Waals surface area contributed by atoms with Crippen LogP contribution < -0.4 is 10.6 Å². The predicted octanol–water partition coefficient (Wildman–Crippen LogP) is 1.14. The number of anilines is 2. The Balaban J connectivity index is 2.24. The molecule has 1 aliphatic rings. The van der Waals surface area contributed by atoms with Gasteiger partial charge in [0.15, 0.2) is 0 Å². The summed E-state index contributed by atoms with van der Waals surface area (Å²) in [7, 11) is 0. The van der Waals surface area contributed by atoms with Crippen LogP contribution in [0.1, 0.15) is 13.3 Å². The van der Waals surface area contributed by atoms with E-state index in [0.717, 1.165) is 12.2 Å². The van der Waals surface area contributed by atoms with Crippen molar-refractivity contribution in [2.45, 2.75) is 18.9 Å². The molecule has 1 saturated heterocycles. The number of nitrogens with two attached hydrogens (primary N) is 1. The van der Waals surface area contributed by atoms with Crippen molar-refractivity contribution < 1.29 is 10.0 Å². The van der Waals surface area contributed by atoms with E-state index in [2.05, 4.69) is 0 Å². The fourth-order valence-electron chi connectivity index (χ4n) is 2.07. The van der Waals surface area contributed by atoms with E-state index in [4.69, 9.17) is 5.73 Å². The maximum Gasteiger partial charge on any atom is 0.292 e. The van der Waals surface area contributed by atoms with Crippen LogP contribution in [0.2, 0.25) is 0 Å².